The number of anilines is 2. The standard InChI is InChI=1S/C43H37BCl2F4N12O4/c1-23-29(24(2)61-35(23)18-27-10-14-34(62(27)44(61)50)25-8-11-28(66-3)12-9-25)13-15-38(63)51-16-5-17-59-22-26(57-58-59)21-52-37-7-4-6-32(53-37)39(64)56-42(43(47,48)49)40(65)55-41-54-33-19-30(45)31(46)20-36(33)60(41)42/h4,6-12,14,18-20,22H,5,13,15-17,21H2,1-3H3,(H3-,51,52,53,54,55,56,63,64,65)/p+1. The summed E-state index contributed by atoms with van der Waals surface area (Å²) in [5, 5.41) is 18.1. The van der Waals surface area contributed by atoms with E-state index in [0.29, 0.717) is 41.9 Å². The third-order valence-electron chi connectivity index (χ3n) is 11.7. The first kappa shape index (κ1) is 44.2. The number of benzene rings is 2. The molecule has 1 unspecified atom stereocenters. The molecule has 2 aromatic carbocycles. The minimum absolute atomic E-state index is 0.00983. The molecule has 0 fully saturated rings. The zero-order valence-corrected chi connectivity index (χ0v) is 36.8. The minimum atomic E-state index is -5.34. The van der Waals surface area contributed by atoms with Crippen molar-refractivity contribution in [2.45, 2.75) is 58.0 Å². The summed E-state index contributed by atoms with van der Waals surface area (Å²) in [5.41, 5.74) is 2.06. The number of amides is 3. The first-order chi connectivity index (χ1) is 31.6. The molecule has 0 spiro atoms. The number of ether oxygens (including phenoxy) is 1. The topological polar surface area (TPSA) is 178 Å². The maximum Gasteiger partial charge on any atom is 0.846 e. The lowest BCUT2D eigenvalue weighted by molar-refractivity contribution is -0.336. The minimum Gasteiger partial charge on any atom is -0.497 e. The number of aromatic nitrogens is 7. The second-order valence-electron chi connectivity index (χ2n) is 15.7. The predicted octanol–water partition coefficient (Wildman–Crippen LogP) is 6.96. The van der Waals surface area contributed by atoms with Gasteiger partial charge >= 0.3 is 13.4 Å². The summed E-state index contributed by atoms with van der Waals surface area (Å²) in [7, 11) is 0.131. The molecule has 3 aliphatic heterocycles. The molecule has 66 heavy (non-hydrogen) atoms. The van der Waals surface area contributed by atoms with E-state index in [0.717, 1.165) is 45.6 Å². The summed E-state index contributed by atoms with van der Waals surface area (Å²) >= 11 is 12.1. The van der Waals surface area contributed by atoms with Crippen molar-refractivity contribution in [3.8, 4) is 17.0 Å². The number of methoxy groups -OCH3 is 1. The molecule has 0 bridgehead atoms. The van der Waals surface area contributed by atoms with Crippen molar-refractivity contribution >= 4 is 82.8 Å². The van der Waals surface area contributed by atoms with Crippen molar-refractivity contribution in [2.75, 3.05) is 24.3 Å². The molecule has 1 atom stereocenters. The number of carbonyl (C=O) groups excluding carboxylic acids is 3. The van der Waals surface area contributed by atoms with Gasteiger partial charge in [-0.05, 0) is 86.0 Å². The van der Waals surface area contributed by atoms with Crippen LogP contribution in [0.5, 0.6) is 5.75 Å². The molecule has 4 N–H and O–H groups in total. The monoisotopic (exact) mass is 943 g/mol. The molecule has 0 aliphatic carbocycles. The Morgan fingerprint density at radius 2 is 1.80 bits per heavy atom. The lowest BCUT2D eigenvalue weighted by atomic mass is 9.95. The molecule has 338 valence electrons. The molecular weight excluding hydrogens is 906 g/mol. The number of nitrogens with one attached hydrogen (secondary N) is 4. The zero-order chi connectivity index (χ0) is 46.7. The van der Waals surface area contributed by atoms with Gasteiger partial charge in [0.05, 0.1) is 40.9 Å². The van der Waals surface area contributed by atoms with Crippen LogP contribution in [0.15, 0.2) is 89.8 Å². The van der Waals surface area contributed by atoms with Crippen molar-refractivity contribution in [1.82, 2.24) is 44.6 Å². The molecule has 7 heterocycles. The number of rotatable bonds is 14. The van der Waals surface area contributed by atoms with Gasteiger partial charge in [-0.25, -0.2) is 18.8 Å². The van der Waals surface area contributed by atoms with E-state index in [9.17, 15) is 27.6 Å². The molecular formula is C43H38BCl2F4N12O4+. The molecule has 16 nitrogen and oxygen atoms in total. The molecule has 0 radical (unpaired) electrons. The summed E-state index contributed by atoms with van der Waals surface area (Å²) in [5.74, 6) is -2.63. The van der Waals surface area contributed by atoms with Crippen molar-refractivity contribution in [1.29, 1.82) is 0 Å². The van der Waals surface area contributed by atoms with Crippen molar-refractivity contribution < 1.29 is 41.1 Å². The van der Waals surface area contributed by atoms with Gasteiger partial charge in [-0.1, -0.05) is 34.5 Å². The molecule has 9 rings (SSSR count). The SMILES string of the molecule is COc1ccc(-c2ccc3n2B(F)[N+]2=C(C)C(CCC(=O)NCCCn4cc(CNc5cccc(C(=O)NC6(C(F)(F)F)C(=O)Nc7nc8cc(Cl)c(Cl)cc8n76)n5)nn4)=C(C)C2=C3)cc1. The number of allylic oxidation sites excluding steroid dienone is 2. The molecule has 23 heteroatoms. The average molecular weight is 945 g/mol. The van der Waals surface area contributed by atoms with Crippen LogP contribution in [0.25, 0.3) is 28.4 Å². The highest BCUT2D eigenvalue weighted by Gasteiger charge is 2.68. The molecule has 0 saturated heterocycles. The van der Waals surface area contributed by atoms with Crippen LogP contribution in [0.1, 0.15) is 55.0 Å². The van der Waals surface area contributed by atoms with Crippen LogP contribution in [0.2, 0.25) is 10.0 Å². The maximum absolute atomic E-state index is 16.4. The lowest BCUT2D eigenvalue weighted by Gasteiger charge is -2.31. The number of aryl methyl sites for hydroxylation is 1. The smallest absolute Gasteiger partial charge is 0.497 e. The first-order valence-corrected chi connectivity index (χ1v) is 21.3. The van der Waals surface area contributed by atoms with Crippen molar-refractivity contribution in [3.05, 3.63) is 117 Å². The highest BCUT2D eigenvalue weighted by molar-refractivity contribution is 6.44. The van der Waals surface area contributed by atoms with Crippen molar-refractivity contribution in [2.24, 2.45) is 0 Å². The Hall–Kier alpha value is -7.00. The summed E-state index contributed by atoms with van der Waals surface area (Å²) in [6.45, 7) is 4.73. The maximum atomic E-state index is 16.4. The molecule has 3 amide bonds. The van der Waals surface area contributed by atoms with Gasteiger partial charge in [0, 0.05) is 55.0 Å². The van der Waals surface area contributed by atoms with Crippen LogP contribution < -0.4 is 26.0 Å². The van der Waals surface area contributed by atoms with Gasteiger partial charge in [0.25, 0.3) is 17.5 Å². The number of hydrogen-bond acceptors (Lipinski definition) is 9. The number of fused-ring (bicyclic) bond motifs is 5. The van der Waals surface area contributed by atoms with E-state index in [4.69, 9.17) is 27.9 Å². The molecule has 6 aromatic rings. The lowest BCUT2D eigenvalue weighted by Crippen LogP contribution is -2.63. The Morgan fingerprint density at radius 1 is 1.03 bits per heavy atom. The number of halogens is 6. The van der Waals surface area contributed by atoms with Gasteiger partial charge in [0.15, 0.2) is 11.4 Å². The molecule has 4 aromatic heterocycles. The Kier molecular flexibility index (Phi) is 11.5. The van der Waals surface area contributed by atoms with Crippen LogP contribution in [0.3, 0.4) is 0 Å². The third kappa shape index (κ3) is 7.74. The second-order valence-corrected chi connectivity index (χ2v) is 16.5. The van der Waals surface area contributed by atoms with Crippen LogP contribution in [0, 0.1) is 0 Å². The number of hydrogen-bond donors (Lipinski definition) is 4. The normalized spacial score (nSPS) is 16.6. The number of carbonyl (C=O) groups is 3. The fraction of sp³-hybridized carbons (Fsp3) is 0.256. The van der Waals surface area contributed by atoms with E-state index in [1.165, 1.54) is 24.3 Å². The average Bonchev–Trinajstić information content (AvgIpc) is 4.11. The van der Waals surface area contributed by atoms with Crippen LogP contribution in [0.4, 0.5) is 29.3 Å². The summed E-state index contributed by atoms with van der Waals surface area (Å²) < 4.78 is 71.8. The van der Waals surface area contributed by atoms with E-state index >= 15 is 4.32 Å². The van der Waals surface area contributed by atoms with Crippen molar-refractivity contribution in [3.63, 3.8) is 0 Å². The Bertz CT molecular complexity index is 3070. The number of alkyl halides is 3. The van der Waals surface area contributed by atoms with Gasteiger partial charge in [-0.3, -0.25) is 33.4 Å². The van der Waals surface area contributed by atoms with Gasteiger partial charge in [-0.15, -0.1) is 5.10 Å². The summed E-state index contributed by atoms with van der Waals surface area (Å²) in [4.78, 5) is 47.6. The largest absolute Gasteiger partial charge is 0.846 e. The van der Waals surface area contributed by atoms with Gasteiger partial charge in [0.2, 0.25) is 11.9 Å². The summed E-state index contributed by atoms with van der Waals surface area (Å²) in [6.07, 6.45) is -0.491. The van der Waals surface area contributed by atoms with Gasteiger partial charge in [0.1, 0.15) is 23.0 Å². The number of nitrogens with zero attached hydrogens (tertiary/aromatic N) is 8. The van der Waals surface area contributed by atoms with E-state index in [1.54, 1.807) is 27.0 Å². The van der Waals surface area contributed by atoms with E-state index in [1.807, 2.05) is 61.6 Å². The molecule has 0 saturated carbocycles. The van der Waals surface area contributed by atoms with E-state index < -0.39 is 42.6 Å². The predicted molar refractivity (Wildman–Crippen MR) is 239 cm³/mol. The quantitative estimate of drug-likeness (QED) is 0.0511. The third-order valence-corrected chi connectivity index (χ3v) is 12.5. The second kappa shape index (κ2) is 17.1. The highest BCUT2D eigenvalue weighted by atomic mass is 35.5. The zero-order valence-electron chi connectivity index (χ0n) is 35.3. The fourth-order valence-corrected chi connectivity index (χ4v) is 8.76. The van der Waals surface area contributed by atoms with E-state index in [-0.39, 0.29) is 45.8 Å². The van der Waals surface area contributed by atoms with Crippen LogP contribution in [-0.4, -0.2) is 89.0 Å². The Morgan fingerprint density at radius 3 is 2.56 bits per heavy atom. The van der Waals surface area contributed by atoms with Gasteiger partial charge in [-0.2, -0.15) is 13.2 Å². The summed E-state index contributed by atoms with van der Waals surface area (Å²) in [6, 6.07) is 17.8. The number of imidazole rings is 1. The first-order valence-electron chi connectivity index (χ1n) is 20.6. The molecule has 3 aliphatic rings. The number of pyridine rings is 1. The van der Waals surface area contributed by atoms with Crippen LogP contribution in [-0.2, 0) is 28.3 Å². The Labute approximate surface area is 383 Å². The van der Waals surface area contributed by atoms with Crippen LogP contribution >= 0.6 is 23.2 Å². The fourth-order valence-electron chi connectivity index (χ4n) is 8.45. The Balaban J connectivity index is 0.761. The van der Waals surface area contributed by atoms with Gasteiger partial charge < -0.3 is 20.7 Å². The highest BCUT2D eigenvalue weighted by Crippen LogP contribution is 2.45. The van der Waals surface area contributed by atoms with E-state index in [2.05, 4.69) is 36.2 Å².